The molecule has 9 nitrogen and oxygen atoms in total. The normalized spacial score (nSPS) is 59.8. The number of hydrogen-bond acceptors (Lipinski definition) is 9. The molecule has 9 heteroatoms. The highest BCUT2D eigenvalue weighted by Gasteiger charge is 2.97. The molecule has 5 aliphatic carbocycles. The van der Waals surface area contributed by atoms with Gasteiger partial charge in [-0.1, -0.05) is 26.0 Å². The maximum Gasteiger partial charge on any atom is 0.303 e. The van der Waals surface area contributed by atoms with Crippen LogP contribution in [0.1, 0.15) is 33.6 Å². The number of hydrogen-bond donors (Lipinski definition) is 1. The van der Waals surface area contributed by atoms with Crippen LogP contribution in [0.25, 0.3) is 0 Å². The molecule has 3 spiro atoms. The van der Waals surface area contributed by atoms with Crippen molar-refractivity contribution in [1.29, 1.82) is 0 Å². The van der Waals surface area contributed by atoms with Crippen LogP contribution >= 0.6 is 0 Å². The molecule has 13 atom stereocenters. The number of fused-ring (bicyclic) bond motifs is 1. The SMILES string of the molecule is CCN1C[C@]2(C)C=C[C@H](OC)C34C1C1(OCO[C@@]15C[C@H](OC)[C@H]1C[C@]3(O)[C@@H]5C1OC)[C@@H](OC(C)=O)[C@@H]42. The molecule has 200 valence electrons. The number of carbonyl (C=O) groups is 1. The summed E-state index contributed by atoms with van der Waals surface area (Å²) in [5, 5.41) is 13.4. The Bertz CT molecular complexity index is 1020. The van der Waals surface area contributed by atoms with Crippen molar-refractivity contribution < 1.29 is 38.3 Å². The number of rotatable bonds is 5. The van der Waals surface area contributed by atoms with Crippen molar-refractivity contribution in [3.8, 4) is 0 Å². The Labute approximate surface area is 212 Å². The summed E-state index contributed by atoms with van der Waals surface area (Å²) >= 11 is 0. The zero-order chi connectivity index (χ0) is 25.5. The Morgan fingerprint density at radius 3 is 2.56 bits per heavy atom. The van der Waals surface area contributed by atoms with E-state index in [0.717, 1.165) is 13.1 Å². The minimum absolute atomic E-state index is 0.00764. The maximum absolute atomic E-state index is 13.4. The zero-order valence-electron chi connectivity index (χ0n) is 22.1. The van der Waals surface area contributed by atoms with Gasteiger partial charge in [0.05, 0.1) is 35.4 Å². The van der Waals surface area contributed by atoms with Crippen molar-refractivity contribution in [2.24, 2.45) is 28.6 Å². The van der Waals surface area contributed by atoms with Gasteiger partial charge in [0.25, 0.3) is 0 Å². The molecule has 2 saturated heterocycles. The second kappa shape index (κ2) is 7.11. The van der Waals surface area contributed by atoms with E-state index in [1.165, 1.54) is 6.92 Å². The number of methoxy groups -OCH3 is 3. The van der Waals surface area contributed by atoms with Crippen LogP contribution < -0.4 is 0 Å². The third kappa shape index (κ3) is 2.12. The molecule has 2 heterocycles. The summed E-state index contributed by atoms with van der Waals surface area (Å²) in [4.78, 5) is 15.2. The Balaban J connectivity index is 1.62. The first-order valence-corrected chi connectivity index (χ1v) is 13.4. The third-order valence-electron chi connectivity index (χ3n) is 11.7. The first-order valence-electron chi connectivity index (χ1n) is 13.4. The van der Waals surface area contributed by atoms with E-state index in [2.05, 4.69) is 30.9 Å². The number of nitrogens with zero attached hydrogens (tertiary/aromatic N) is 1. The Kier molecular flexibility index (Phi) is 4.74. The summed E-state index contributed by atoms with van der Waals surface area (Å²) in [6.45, 7) is 7.45. The predicted octanol–water partition coefficient (Wildman–Crippen LogP) is 1.13. The van der Waals surface area contributed by atoms with E-state index < -0.39 is 34.4 Å². The fraction of sp³-hybridized carbons (Fsp3) is 0.889. The van der Waals surface area contributed by atoms with Crippen LogP contribution in [0, 0.1) is 28.6 Å². The van der Waals surface area contributed by atoms with Crippen LogP contribution in [-0.2, 0) is 33.2 Å². The molecule has 1 N–H and O–H groups in total. The van der Waals surface area contributed by atoms with Gasteiger partial charge in [0.1, 0.15) is 18.5 Å². The zero-order valence-corrected chi connectivity index (χ0v) is 22.1. The van der Waals surface area contributed by atoms with E-state index in [9.17, 15) is 9.90 Å². The highest BCUT2D eigenvalue weighted by Crippen LogP contribution is 2.83. The number of aliphatic hydroxyl groups is 1. The van der Waals surface area contributed by atoms with E-state index in [-0.39, 0.29) is 54.2 Å². The summed E-state index contributed by atoms with van der Waals surface area (Å²) in [6.07, 6.45) is 3.95. The highest BCUT2D eigenvalue weighted by molar-refractivity contribution is 5.67. The number of likely N-dealkylation sites (tertiary alicyclic amines) is 1. The molecule has 0 aromatic heterocycles. The van der Waals surface area contributed by atoms with Crippen LogP contribution in [0.4, 0.5) is 0 Å². The van der Waals surface area contributed by atoms with Crippen molar-refractivity contribution >= 4 is 5.97 Å². The number of carbonyl (C=O) groups excluding carboxylic acids is 1. The monoisotopic (exact) mass is 505 g/mol. The molecule has 36 heavy (non-hydrogen) atoms. The molecule has 2 aliphatic heterocycles. The van der Waals surface area contributed by atoms with Crippen LogP contribution in [-0.4, -0.2) is 104 Å². The van der Waals surface area contributed by atoms with Crippen molar-refractivity contribution in [1.82, 2.24) is 4.90 Å². The average molecular weight is 506 g/mol. The molecule has 0 aromatic rings. The molecular formula is C27H39NO8. The van der Waals surface area contributed by atoms with Crippen LogP contribution in [0.15, 0.2) is 12.2 Å². The van der Waals surface area contributed by atoms with E-state index in [0.29, 0.717) is 12.8 Å². The molecule has 6 fully saturated rings. The smallest absolute Gasteiger partial charge is 0.303 e. The minimum atomic E-state index is -1.21. The van der Waals surface area contributed by atoms with Gasteiger partial charge in [-0.2, -0.15) is 0 Å². The average Bonchev–Trinajstić information content (AvgIpc) is 3.40. The number of ether oxygens (including phenoxy) is 6. The van der Waals surface area contributed by atoms with E-state index in [1.807, 2.05) is 0 Å². The lowest BCUT2D eigenvalue weighted by atomic mass is 9.42. The second-order valence-electron chi connectivity index (χ2n) is 12.5. The first kappa shape index (κ1) is 24.0. The molecule has 7 bridgehead atoms. The lowest BCUT2D eigenvalue weighted by Gasteiger charge is -2.70. The largest absolute Gasteiger partial charge is 0.459 e. The Hall–Kier alpha value is -1.07. The molecule has 0 aromatic carbocycles. The Morgan fingerprint density at radius 1 is 1.14 bits per heavy atom. The summed E-state index contributed by atoms with van der Waals surface area (Å²) in [5.74, 6) is -0.940. The molecule has 4 saturated carbocycles. The Morgan fingerprint density at radius 2 is 1.92 bits per heavy atom. The summed E-state index contributed by atoms with van der Waals surface area (Å²) in [6, 6.07) is -0.275. The van der Waals surface area contributed by atoms with Gasteiger partial charge in [0, 0.05) is 64.4 Å². The number of esters is 1. The van der Waals surface area contributed by atoms with Gasteiger partial charge in [-0.25, -0.2) is 0 Å². The second-order valence-corrected chi connectivity index (χ2v) is 12.5. The van der Waals surface area contributed by atoms with Crippen molar-refractivity contribution in [2.45, 2.75) is 80.9 Å². The molecule has 7 rings (SSSR count). The maximum atomic E-state index is 13.4. The quantitative estimate of drug-likeness (QED) is 0.436. The van der Waals surface area contributed by atoms with Gasteiger partial charge in [-0.05, 0) is 13.0 Å². The van der Waals surface area contributed by atoms with Crippen LogP contribution in [0.5, 0.6) is 0 Å². The van der Waals surface area contributed by atoms with Gasteiger partial charge < -0.3 is 33.5 Å². The fourth-order valence-electron chi connectivity index (χ4n) is 11.2. The molecule has 0 amide bonds. The van der Waals surface area contributed by atoms with Crippen LogP contribution in [0.3, 0.4) is 0 Å². The molecule has 4 unspecified atom stereocenters. The van der Waals surface area contributed by atoms with E-state index in [1.54, 1.807) is 21.3 Å². The lowest BCUT2D eigenvalue weighted by molar-refractivity contribution is -0.317. The number of piperidine rings is 1. The van der Waals surface area contributed by atoms with E-state index >= 15 is 0 Å². The predicted molar refractivity (Wildman–Crippen MR) is 126 cm³/mol. The standard InChI is InChI=1S/C27H39NO8/c1-7-28-12-23(3)9-8-17(32-5)26-20(23)21(36-14(2)29)27(22(26)28)25(34-13-35-27)11-16(31-4)15-10-24(26,30)19(25)18(15)33-6/h8-9,15-22,30H,7,10-13H2,1-6H3/t15-,16+,17+,18?,19+,20-,21+,22?,23+,24+,25-,26?,27?/m1/s1. The van der Waals surface area contributed by atoms with E-state index in [4.69, 9.17) is 28.4 Å². The van der Waals surface area contributed by atoms with Gasteiger partial charge >= 0.3 is 5.97 Å². The topological polar surface area (TPSA) is 95.9 Å². The minimum Gasteiger partial charge on any atom is -0.459 e. The summed E-state index contributed by atoms with van der Waals surface area (Å²) in [7, 11) is 5.15. The van der Waals surface area contributed by atoms with Gasteiger partial charge in [-0.15, -0.1) is 0 Å². The molecule has 0 radical (unpaired) electrons. The van der Waals surface area contributed by atoms with Crippen molar-refractivity contribution in [3.05, 3.63) is 12.2 Å². The van der Waals surface area contributed by atoms with Crippen LogP contribution in [0.2, 0.25) is 0 Å². The van der Waals surface area contributed by atoms with Crippen molar-refractivity contribution in [3.63, 3.8) is 0 Å². The highest BCUT2D eigenvalue weighted by atomic mass is 16.7. The number of likely N-dealkylation sites (N-methyl/N-ethyl adjacent to an activating group) is 1. The van der Waals surface area contributed by atoms with Gasteiger partial charge in [-0.3, -0.25) is 9.69 Å². The van der Waals surface area contributed by atoms with Gasteiger partial charge in [0.15, 0.2) is 5.60 Å². The summed E-state index contributed by atoms with van der Waals surface area (Å²) in [5.41, 5.74) is -4.32. The first-order chi connectivity index (χ1) is 17.2. The lowest BCUT2D eigenvalue weighted by Crippen LogP contribution is -2.85. The summed E-state index contributed by atoms with van der Waals surface area (Å²) < 4.78 is 38.5. The van der Waals surface area contributed by atoms with Crippen molar-refractivity contribution in [2.75, 3.05) is 41.2 Å². The van der Waals surface area contributed by atoms with Gasteiger partial charge in [0.2, 0.25) is 0 Å². The molecule has 7 aliphatic rings. The fourth-order valence-corrected chi connectivity index (χ4v) is 11.2. The molecular weight excluding hydrogens is 466 g/mol. The third-order valence-corrected chi connectivity index (χ3v) is 11.7.